The number of nitrogens with one attached hydrogen (secondary N) is 1. The van der Waals surface area contributed by atoms with Crippen LogP contribution in [0, 0.1) is 11.8 Å². The predicted octanol–water partition coefficient (Wildman–Crippen LogP) is 2.59. The SMILES string of the molecule is C[C@H](NC(=O)C(C)(N)C1CC1)C1CCCCCC1. The summed E-state index contributed by atoms with van der Waals surface area (Å²) in [5.41, 5.74) is 5.51. The topological polar surface area (TPSA) is 55.1 Å². The number of rotatable bonds is 4. The lowest BCUT2D eigenvalue weighted by Crippen LogP contribution is -2.56. The van der Waals surface area contributed by atoms with Gasteiger partial charge >= 0.3 is 0 Å². The van der Waals surface area contributed by atoms with E-state index < -0.39 is 5.54 Å². The molecule has 1 unspecified atom stereocenters. The summed E-state index contributed by atoms with van der Waals surface area (Å²) in [7, 11) is 0. The van der Waals surface area contributed by atoms with Gasteiger partial charge in [-0.3, -0.25) is 4.79 Å². The third-order valence-corrected chi connectivity index (χ3v) is 4.88. The first kappa shape index (κ1) is 13.9. The Morgan fingerprint density at radius 2 is 1.72 bits per heavy atom. The average molecular weight is 252 g/mol. The molecule has 0 aromatic heterocycles. The van der Waals surface area contributed by atoms with Gasteiger partial charge in [0.2, 0.25) is 5.91 Å². The van der Waals surface area contributed by atoms with Gasteiger partial charge in [0.15, 0.2) is 0 Å². The van der Waals surface area contributed by atoms with Crippen LogP contribution < -0.4 is 11.1 Å². The Balaban J connectivity index is 1.85. The molecule has 0 heterocycles. The standard InChI is InChI=1S/C15H28N2O/c1-11(12-7-5-3-4-6-8-12)17-14(18)15(2,16)13-9-10-13/h11-13H,3-10,16H2,1-2H3,(H,17,18)/t11-,15?/m0/s1. The van der Waals surface area contributed by atoms with Gasteiger partial charge < -0.3 is 11.1 Å². The van der Waals surface area contributed by atoms with Crippen LogP contribution in [0.1, 0.15) is 65.2 Å². The van der Waals surface area contributed by atoms with Crippen molar-refractivity contribution in [1.82, 2.24) is 5.32 Å². The second-order valence-corrected chi connectivity index (χ2v) is 6.57. The monoisotopic (exact) mass is 252 g/mol. The Labute approximate surface area is 111 Å². The van der Waals surface area contributed by atoms with Crippen LogP contribution in [0.4, 0.5) is 0 Å². The van der Waals surface area contributed by atoms with Crippen LogP contribution >= 0.6 is 0 Å². The van der Waals surface area contributed by atoms with Crippen LogP contribution in [0.5, 0.6) is 0 Å². The predicted molar refractivity (Wildman–Crippen MR) is 74.1 cm³/mol. The second-order valence-electron chi connectivity index (χ2n) is 6.57. The Morgan fingerprint density at radius 3 is 2.22 bits per heavy atom. The molecular formula is C15H28N2O. The van der Waals surface area contributed by atoms with Gasteiger partial charge in [0.1, 0.15) is 0 Å². The highest BCUT2D eigenvalue weighted by Gasteiger charge is 2.44. The summed E-state index contributed by atoms with van der Waals surface area (Å²) in [5, 5.41) is 3.18. The lowest BCUT2D eigenvalue weighted by atomic mass is 9.90. The molecular weight excluding hydrogens is 224 g/mol. The van der Waals surface area contributed by atoms with E-state index in [1.807, 2.05) is 6.92 Å². The maximum absolute atomic E-state index is 12.2. The van der Waals surface area contributed by atoms with E-state index in [2.05, 4.69) is 12.2 Å². The fraction of sp³-hybridized carbons (Fsp3) is 0.933. The number of nitrogens with two attached hydrogens (primary N) is 1. The molecule has 0 bridgehead atoms. The molecule has 0 aromatic rings. The molecule has 2 atom stereocenters. The molecule has 0 radical (unpaired) electrons. The third-order valence-electron chi connectivity index (χ3n) is 4.88. The van der Waals surface area contributed by atoms with Crippen molar-refractivity contribution in [3.8, 4) is 0 Å². The minimum atomic E-state index is -0.654. The minimum absolute atomic E-state index is 0.0572. The normalized spacial score (nSPS) is 27.1. The van der Waals surface area contributed by atoms with E-state index in [4.69, 9.17) is 5.73 Å². The van der Waals surface area contributed by atoms with E-state index in [1.165, 1.54) is 38.5 Å². The van der Waals surface area contributed by atoms with Gasteiger partial charge in [-0.05, 0) is 51.4 Å². The molecule has 18 heavy (non-hydrogen) atoms. The minimum Gasteiger partial charge on any atom is -0.352 e. The van der Waals surface area contributed by atoms with Gasteiger partial charge in [0.25, 0.3) is 0 Å². The molecule has 3 nitrogen and oxygen atoms in total. The molecule has 0 spiro atoms. The van der Waals surface area contributed by atoms with E-state index in [-0.39, 0.29) is 11.9 Å². The van der Waals surface area contributed by atoms with E-state index >= 15 is 0 Å². The van der Waals surface area contributed by atoms with Crippen LogP contribution in [0.15, 0.2) is 0 Å². The van der Waals surface area contributed by atoms with Gasteiger partial charge in [-0.15, -0.1) is 0 Å². The quantitative estimate of drug-likeness (QED) is 0.756. The molecule has 3 heteroatoms. The zero-order chi connectivity index (χ0) is 13.2. The van der Waals surface area contributed by atoms with Gasteiger partial charge in [0, 0.05) is 6.04 Å². The summed E-state index contributed by atoms with van der Waals surface area (Å²) >= 11 is 0. The van der Waals surface area contributed by atoms with Crippen molar-refractivity contribution in [2.45, 2.75) is 76.8 Å². The molecule has 2 aliphatic carbocycles. The molecule has 2 saturated carbocycles. The highest BCUT2D eigenvalue weighted by molar-refractivity contribution is 5.86. The van der Waals surface area contributed by atoms with Gasteiger partial charge in [-0.25, -0.2) is 0 Å². The van der Waals surface area contributed by atoms with Gasteiger partial charge in [-0.1, -0.05) is 25.7 Å². The third kappa shape index (κ3) is 3.25. The molecule has 0 saturated heterocycles. The first-order valence-electron chi connectivity index (χ1n) is 7.61. The van der Waals surface area contributed by atoms with Crippen molar-refractivity contribution >= 4 is 5.91 Å². The summed E-state index contributed by atoms with van der Waals surface area (Å²) in [4.78, 5) is 12.2. The average Bonchev–Trinajstić information content (AvgIpc) is 3.16. The van der Waals surface area contributed by atoms with Gasteiger partial charge in [0.05, 0.1) is 5.54 Å². The van der Waals surface area contributed by atoms with Crippen LogP contribution in [-0.2, 0) is 4.79 Å². The second kappa shape index (κ2) is 5.60. The molecule has 2 aliphatic rings. The molecule has 2 rings (SSSR count). The van der Waals surface area contributed by atoms with Crippen molar-refractivity contribution in [3.05, 3.63) is 0 Å². The van der Waals surface area contributed by atoms with Crippen LogP contribution in [0.25, 0.3) is 0 Å². The lowest BCUT2D eigenvalue weighted by Gasteiger charge is -2.29. The fourth-order valence-electron chi connectivity index (χ4n) is 3.16. The molecule has 2 fully saturated rings. The van der Waals surface area contributed by atoms with E-state index in [1.54, 1.807) is 0 Å². The van der Waals surface area contributed by atoms with Crippen molar-refractivity contribution in [1.29, 1.82) is 0 Å². The summed E-state index contributed by atoms with van der Waals surface area (Å²) in [5.74, 6) is 1.10. The van der Waals surface area contributed by atoms with Crippen molar-refractivity contribution in [2.75, 3.05) is 0 Å². The summed E-state index contributed by atoms with van der Waals surface area (Å²) < 4.78 is 0. The Hall–Kier alpha value is -0.570. The van der Waals surface area contributed by atoms with Crippen LogP contribution in [-0.4, -0.2) is 17.5 Å². The first-order chi connectivity index (χ1) is 8.51. The first-order valence-corrected chi connectivity index (χ1v) is 7.61. The number of carbonyl (C=O) groups excluding carboxylic acids is 1. The number of hydrogen-bond acceptors (Lipinski definition) is 2. The highest BCUT2D eigenvalue weighted by Crippen LogP contribution is 2.38. The zero-order valence-electron chi connectivity index (χ0n) is 11.9. The van der Waals surface area contributed by atoms with Crippen LogP contribution in [0.3, 0.4) is 0 Å². The van der Waals surface area contributed by atoms with Crippen molar-refractivity contribution in [2.24, 2.45) is 17.6 Å². The smallest absolute Gasteiger partial charge is 0.240 e. The fourth-order valence-corrected chi connectivity index (χ4v) is 3.16. The summed E-state index contributed by atoms with van der Waals surface area (Å²) in [6.07, 6.45) is 10.1. The Morgan fingerprint density at radius 1 is 1.17 bits per heavy atom. The van der Waals surface area contributed by atoms with Crippen molar-refractivity contribution in [3.63, 3.8) is 0 Å². The Kier molecular flexibility index (Phi) is 4.31. The summed E-state index contributed by atoms with van der Waals surface area (Å²) in [6, 6.07) is 0.275. The summed E-state index contributed by atoms with van der Waals surface area (Å²) in [6.45, 7) is 4.04. The van der Waals surface area contributed by atoms with E-state index in [9.17, 15) is 4.79 Å². The number of carbonyl (C=O) groups is 1. The Bertz CT molecular complexity index is 289. The van der Waals surface area contributed by atoms with Crippen LogP contribution in [0.2, 0.25) is 0 Å². The van der Waals surface area contributed by atoms with Crippen molar-refractivity contribution < 1.29 is 4.79 Å². The largest absolute Gasteiger partial charge is 0.352 e. The highest BCUT2D eigenvalue weighted by atomic mass is 16.2. The molecule has 104 valence electrons. The van der Waals surface area contributed by atoms with E-state index in [0.29, 0.717) is 11.8 Å². The maximum Gasteiger partial charge on any atom is 0.240 e. The molecule has 3 N–H and O–H groups in total. The molecule has 1 amide bonds. The zero-order valence-corrected chi connectivity index (χ0v) is 11.9. The number of hydrogen-bond donors (Lipinski definition) is 2. The lowest BCUT2D eigenvalue weighted by molar-refractivity contribution is -0.127. The number of amides is 1. The molecule has 0 aromatic carbocycles. The molecule has 0 aliphatic heterocycles. The maximum atomic E-state index is 12.2. The van der Waals surface area contributed by atoms with E-state index in [0.717, 1.165) is 12.8 Å². The van der Waals surface area contributed by atoms with Gasteiger partial charge in [-0.2, -0.15) is 0 Å².